The van der Waals surface area contributed by atoms with Crippen molar-refractivity contribution < 1.29 is 21.6 Å². The van der Waals surface area contributed by atoms with Crippen LogP contribution in [0, 0.1) is 0 Å². The zero-order valence-electron chi connectivity index (χ0n) is 17.4. The van der Waals surface area contributed by atoms with E-state index in [1.54, 1.807) is 6.07 Å². The van der Waals surface area contributed by atoms with E-state index in [1.807, 2.05) is 24.5 Å². The van der Waals surface area contributed by atoms with Gasteiger partial charge in [0.05, 0.1) is 11.3 Å². The summed E-state index contributed by atoms with van der Waals surface area (Å²) in [5.74, 6) is -0.542. The van der Waals surface area contributed by atoms with Gasteiger partial charge >= 0.3 is 11.9 Å². The highest BCUT2D eigenvalue weighted by Gasteiger charge is 2.31. The number of sulfone groups is 1. The van der Waals surface area contributed by atoms with Crippen LogP contribution in [0.25, 0.3) is 22.6 Å². The molecule has 0 bridgehead atoms. The fourth-order valence-electron chi connectivity index (χ4n) is 3.22. The van der Waals surface area contributed by atoms with Gasteiger partial charge in [0, 0.05) is 22.9 Å². The molecule has 0 radical (unpaired) electrons. The topological polar surface area (TPSA) is 86.3 Å². The molecular weight excluding hydrogens is 477 g/mol. The van der Waals surface area contributed by atoms with Crippen molar-refractivity contribution in [1.29, 1.82) is 0 Å². The second kappa shape index (κ2) is 8.34. The summed E-state index contributed by atoms with van der Waals surface area (Å²) < 4.78 is 66.4. The Morgan fingerprint density at radius 3 is 2.52 bits per heavy atom. The fraction of sp³-hybridized carbons (Fsp3) is 0.190. The summed E-state index contributed by atoms with van der Waals surface area (Å²) in [6.45, 7) is 1.45. The molecular formula is C21H17F3N4O3S2. The number of pyridine rings is 2. The van der Waals surface area contributed by atoms with E-state index >= 15 is 0 Å². The van der Waals surface area contributed by atoms with Crippen LogP contribution >= 0.6 is 11.8 Å². The van der Waals surface area contributed by atoms with Gasteiger partial charge in [-0.3, -0.25) is 0 Å². The number of fused-ring (bicyclic) bond motifs is 1. The average molecular weight is 495 g/mol. The van der Waals surface area contributed by atoms with Gasteiger partial charge in [0.25, 0.3) is 0 Å². The predicted octanol–water partition coefficient (Wildman–Crippen LogP) is 4.08. The third-order valence-corrected chi connectivity index (χ3v) is 7.45. The van der Waals surface area contributed by atoms with Gasteiger partial charge in [-0.2, -0.15) is 17.9 Å². The molecule has 0 unspecified atom stereocenters. The van der Waals surface area contributed by atoms with Gasteiger partial charge in [-0.25, -0.2) is 22.6 Å². The molecule has 0 N–H and O–H groups in total. The Balaban J connectivity index is 1.95. The van der Waals surface area contributed by atoms with Crippen molar-refractivity contribution in [3.05, 3.63) is 70.9 Å². The molecule has 7 nitrogen and oxygen atoms in total. The van der Waals surface area contributed by atoms with Crippen LogP contribution in [0.4, 0.5) is 13.2 Å². The lowest BCUT2D eigenvalue weighted by Gasteiger charge is -2.11. The number of thioether (sulfide) groups is 1. The van der Waals surface area contributed by atoms with Crippen molar-refractivity contribution in [2.75, 3.05) is 12.0 Å². The van der Waals surface area contributed by atoms with E-state index in [9.17, 15) is 26.4 Å². The van der Waals surface area contributed by atoms with Crippen LogP contribution in [0.3, 0.4) is 0 Å². The minimum atomic E-state index is -4.66. The maximum absolute atomic E-state index is 13.1. The van der Waals surface area contributed by atoms with Crippen LogP contribution in [-0.2, 0) is 16.0 Å². The lowest BCUT2D eigenvalue weighted by atomic mass is 10.1. The van der Waals surface area contributed by atoms with Gasteiger partial charge in [-0.05, 0) is 42.2 Å². The monoisotopic (exact) mass is 494 g/mol. The summed E-state index contributed by atoms with van der Waals surface area (Å²) in [5.41, 5.74) is -0.835. The van der Waals surface area contributed by atoms with Crippen LogP contribution in [0.2, 0.25) is 0 Å². The molecule has 172 valence electrons. The molecule has 0 saturated heterocycles. The van der Waals surface area contributed by atoms with Crippen LogP contribution in [-0.4, -0.2) is 39.6 Å². The van der Waals surface area contributed by atoms with Gasteiger partial charge in [-0.1, -0.05) is 19.1 Å². The summed E-state index contributed by atoms with van der Waals surface area (Å²) >= 11 is 1.52. The highest BCUT2D eigenvalue weighted by atomic mass is 32.2. The fourth-order valence-corrected chi connectivity index (χ4v) is 4.72. The number of hydrogen-bond acceptors (Lipinski definition) is 6. The Morgan fingerprint density at radius 2 is 1.85 bits per heavy atom. The molecule has 0 spiro atoms. The molecule has 0 aliphatic heterocycles. The van der Waals surface area contributed by atoms with Gasteiger partial charge in [0.1, 0.15) is 4.90 Å². The Bertz CT molecular complexity index is 1530. The number of hydrogen-bond donors (Lipinski definition) is 0. The first-order chi connectivity index (χ1) is 15.5. The van der Waals surface area contributed by atoms with Crippen molar-refractivity contribution >= 4 is 27.2 Å². The van der Waals surface area contributed by atoms with Crippen molar-refractivity contribution in [2.24, 2.45) is 0 Å². The smallest absolute Gasteiger partial charge is 0.249 e. The quantitative estimate of drug-likeness (QED) is 0.389. The standard InChI is InChI=1S/C21H17F3N4O3S2/c1-3-33(30,31)17-10-14(13-5-4-6-16(9-13)32-2)11-25-19(17)28-20(29)27-12-15(21(22,23)24)7-8-18(27)26-28/h4-12H,3H2,1-2H3. The Labute approximate surface area is 190 Å². The van der Waals surface area contributed by atoms with Crippen LogP contribution in [0.1, 0.15) is 12.5 Å². The number of halogens is 3. The van der Waals surface area contributed by atoms with E-state index < -0.39 is 27.3 Å². The molecule has 33 heavy (non-hydrogen) atoms. The van der Waals surface area contributed by atoms with Crippen LogP contribution in [0.5, 0.6) is 0 Å². The van der Waals surface area contributed by atoms with Crippen molar-refractivity contribution in [1.82, 2.24) is 19.2 Å². The number of aromatic nitrogens is 4. The van der Waals surface area contributed by atoms with Crippen molar-refractivity contribution in [3.8, 4) is 16.9 Å². The largest absolute Gasteiger partial charge is 0.417 e. The molecule has 4 aromatic rings. The molecule has 4 rings (SSSR count). The molecule has 0 atom stereocenters. The van der Waals surface area contributed by atoms with E-state index in [4.69, 9.17) is 0 Å². The molecule has 0 amide bonds. The van der Waals surface area contributed by atoms with Crippen molar-refractivity contribution in [2.45, 2.75) is 22.9 Å². The van der Waals surface area contributed by atoms with Crippen LogP contribution in [0.15, 0.2) is 69.4 Å². The van der Waals surface area contributed by atoms with E-state index in [0.29, 0.717) is 20.8 Å². The molecule has 12 heteroatoms. The van der Waals surface area contributed by atoms with E-state index in [1.165, 1.54) is 30.9 Å². The third kappa shape index (κ3) is 4.27. The average Bonchev–Trinajstić information content (AvgIpc) is 3.14. The van der Waals surface area contributed by atoms with Gasteiger partial charge in [-0.15, -0.1) is 16.9 Å². The first-order valence-electron chi connectivity index (χ1n) is 9.61. The van der Waals surface area contributed by atoms with E-state index in [-0.39, 0.29) is 22.1 Å². The summed E-state index contributed by atoms with van der Waals surface area (Å²) in [5, 5.41) is 4.01. The minimum absolute atomic E-state index is 0.0774. The zero-order chi connectivity index (χ0) is 24.0. The molecule has 0 aliphatic carbocycles. The second-order valence-corrected chi connectivity index (χ2v) is 10.1. The summed E-state index contributed by atoms with van der Waals surface area (Å²) in [4.78, 5) is 17.8. The normalized spacial score (nSPS) is 12.4. The summed E-state index contributed by atoms with van der Waals surface area (Å²) in [7, 11) is -3.87. The lowest BCUT2D eigenvalue weighted by molar-refractivity contribution is -0.137. The molecule has 0 saturated carbocycles. The number of rotatable bonds is 5. The number of nitrogens with zero attached hydrogens (tertiary/aromatic N) is 4. The molecule has 3 heterocycles. The minimum Gasteiger partial charge on any atom is -0.249 e. The molecule has 1 aromatic carbocycles. The van der Waals surface area contributed by atoms with Gasteiger partial charge in [0.15, 0.2) is 21.3 Å². The molecule has 3 aromatic heterocycles. The highest BCUT2D eigenvalue weighted by Crippen LogP contribution is 2.30. The maximum Gasteiger partial charge on any atom is 0.417 e. The molecule has 0 fully saturated rings. The molecule has 0 aliphatic rings. The Hall–Kier alpha value is -3.12. The second-order valence-electron chi connectivity index (χ2n) is 7.02. The number of benzene rings is 1. The Morgan fingerprint density at radius 1 is 1.09 bits per heavy atom. The van der Waals surface area contributed by atoms with Crippen LogP contribution < -0.4 is 5.69 Å². The third-order valence-electron chi connectivity index (χ3n) is 5.00. The Kier molecular flexibility index (Phi) is 5.83. The lowest BCUT2D eigenvalue weighted by Crippen LogP contribution is -2.23. The first kappa shape index (κ1) is 23.1. The van der Waals surface area contributed by atoms with Gasteiger partial charge < -0.3 is 0 Å². The van der Waals surface area contributed by atoms with E-state index in [2.05, 4.69) is 10.1 Å². The first-order valence-corrected chi connectivity index (χ1v) is 12.5. The number of alkyl halides is 3. The summed E-state index contributed by atoms with van der Waals surface area (Å²) in [6, 6.07) is 10.6. The summed E-state index contributed by atoms with van der Waals surface area (Å²) in [6.07, 6.45) is -0.719. The van der Waals surface area contributed by atoms with Gasteiger partial charge in [0.2, 0.25) is 0 Å². The van der Waals surface area contributed by atoms with E-state index in [0.717, 1.165) is 22.6 Å². The predicted molar refractivity (Wildman–Crippen MR) is 119 cm³/mol. The SMILES string of the molecule is CCS(=O)(=O)c1cc(-c2cccc(SC)c2)cnc1-n1nc2ccc(C(F)(F)F)cn2c1=O. The highest BCUT2D eigenvalue weighted by molar-refractivity contribution is 7.98. The zero-order valence-corrected chi connectivity index (χ0v) is 19.0. The van der Waals surface area contributed by atoms with Crippen molar-refractivity contribution in [3.63, 3.8) is 0 Å². The maximum atomic E-state index is 13.1.